The predicted octanol–water partition coefficient (Wildman–Crippen LogP) is 2.14. The maximum absolute atomic E-state index is 12.6. The Hall–Kier alpha value is -0.780. The van der Waals surface area contributed by atoms with Crippen molar-refractivity contribution >= 4 is 0 Å². The standard InChI is InChI=1S/C7H6F10O2/c8-1(2(9)4(11)12)3(10)5(13,14)6(15,16)7(17,18)19/h1-4,18-19H. The fourth-order valence-electron chi connectivity index (χ4n) is 0.886. The van der Waals surface area contributed by atoms with Gasteiger partial charge in [-0.1, -0.05) is 0 Å². The molecule has 0 aliphatic heterocycles. The number of hydrogen-bond acceptors (Lipinski definition) is 2. The SMILES string of the molecule is OC(O)(F)C(F)(F)C(F)(F)C(F)C(F)C(F)C(F)F. The first-order chi connectivity index (χ1) is 8.18. The van der Waals surface area contributed by atoms with E-state index >= 15 is 0 Å². The molecule has 0 aromatic carbocycles. The summed E-state index contributed by atoms with van der Waals surface area (Å²) in [5.74, 6) is -13.1. The molecule has 0 heterocycles. The minimum atomic E-state index is -6.61. The maximum atomic E-state index is 12.6. The van der Waals surface area contributed by atoms with Gasteiger partial charge in [0.15, 0.2) is 12.3 Å². The second-order valence-electron chi connectivity index (χ2n) is 3.41. The summed E-state index contributed by atoms with van der Waals surface area (Å²) >= 11 is 0. The minimum Gasteiger partial charge on any atom is -0.335 e. The average Bonchev–Trinajstić information content (AvgIpc) is 2.23. The van der Waals surface area contributed by atoms with Gasteiger partial charge in [0.05, 0.1) is 0 Å². The second kappa shape index (κ2) is 5.31. The van der Waals surface area contributed by atoms with Gasteiger partial charge >= 0.3 is 17.9 Å². The van der Waals surface area contributed by atoms with Gasteiger partial charge in [-0.25, -0.2) is 22.0 Å². The highest BCUT2D eigenvalue weighted by Crippen LogP contribution is 2.47. The molecule has 2 N–H and O–H groups in total. The van der Waals surface area contributed by atoms with Gasteiger partial charge in [0, 0.05) is 0 Å². The quantitative estimate of drug-likeness (QED) is 0.583. The minimum absolute atomic E-state index is 4.19. The molecule has 116 valence electrons. The van der Waals surface area contributed by atoms with Crippen LogP contribution in [0, 0.1) is 0 Å². The predicted molar refractivity (Wildman–Crippen MR) is 38.9 cm³/mol. The van der Waals surface area contributed by atoms with Crippen molar-refractivity contribution in [3.05, 3.63) is 0 Å². The van der Waals surface area contributed by atoms with E-state index in [1.54, 1.807) is 0 Å². The molecule has 0 aromatic rings. The molecule has 0 amide bonds. The lowest BCUT2D eigenvalue weighted by Gasteiger charge is -2.33. The van der Waals surface area contributed by atoms with Crippen LogP contribution in [0.25, 0.3) is 0 Å². The van der Waals surface area contributed by atoms with Crippen molar-refractivity contribution in [2.75, 3.05) is 0 Å². The van der Waals surface area contributed by atoms with E-state index in [-0.39, 0.29) is 0 Å². The number of aliphatic hydroxyl groups is 2. The van der Waals surface area contributed by atoms with Crippen LogP contribution in [0.2, 0.25) is 0 Å². The van der Waals surface area contributed by atoms with Crippen LogP contribution in [0.1, 0.15) is 0 Å². The van der Waals surface area contributed by atoms with Crippen molar-refractivity contribution in [1.29, 1.82) is 0 Å². The first-order valence-corrected chi connectivity index (χ1v) is 4.27. The molecule has 3 atom stereocenters. The Kier molecular flexibility index (Phi) is 5.09. The van der Waals surface area contributed by atoms with Gasteiger partial charge in [0.25, 0.3) is 6.43 Å². The van der Waals surface area contributed by atoms with Gasteiger partial charge in [-0.15, -0.1) is 0 Å². The molecule has 0 saturated carbocycles. The number of halogens is 10. The molecule has 2 nitrogen and oxygen atoms in total. The van der Waals surface area contributed by atoms with Gasteiger partial charge in [0.2, 0.25) is 6.17 Å². The van der Waals surface area contributed by atoms with Crippen molar-refractivity contribution in [2.24, 2.45) is 0 Å². The van der Waals surface area contributed by atoms with E-state index in [1.807, 2.05) is 0 Å². The van der Waals surface area contributed by atoms with E-state index in [0.717, 1.165) is 0 Å². The summed E-state index contributed by atoms with van der Waals surface area (Å²) in [6.45, 7) is 0. The highest BCUT2D eigenvalue weighted by Gasteiger charge is 2.75. The first-order valence-electron chi connectivity index (χ1n) is 4.27. The molecule has 12 heteroatoms. The van der Waals surface area contributed by atoms with E-state index in [2.05, 4.69) is 0 Å². The van der Waals surface area contributed by atoms with Crippen LogP contribution >= 0.6 is 0 Å². The van der Waals surface area contributed by atoms with Crippen molar-refractivity contribution in [1.82, 2.24) is 0 Å². The summed E-state index contributed by atoms with van der Waals surface area (Å²) in [7, 11) is 0. The van der Waals surface area contributed by atoms with Crippen LogP contribution in [0.15, 0.2) is 0 Å². The Bertz CT molecular complexity index is 301. The Morgan fingerprint density at radius 2 is 1.05 bits per heavy atom. The highest BCUT2D eigenvalue weighted by atomic mass is 19.3. The lowest BCUT2D eigenvalue weighted by Crippen LogP contribution is -2.62. The molecule has 0 radical (unpaired) electrons. The van der Waals surface area contributed by atoms with Crippen LogP contribution in [0.4, 0.5) is 43.9 Å². The molecule has 0 fully saturated rings. The molecule has 19 heavy (non-hydrogen) atoms. The van der Waals surface area contributed by atoms with Gasteiger partial charge in [-0.3, -0.25) is 0 Å². The van der Waals surface area contributed by atoms with Crippen molar-refractivity contribution < 1.29 is 54.1 Å². The van der Waals surface area contributed by atoms with Crippen molar-refractivity contribution in [3.63, 3.8) is 0 Å². The Labute approximate surface area is 98.2 Å². The summed E-state index contributed by atoms with van der Waals surface area (Å²) < 4.78 is 123. The lowest BCUT2D eigenvalue weighted by molar-refractivity contribution is -0.423. The average molecular weight is 312 g/mol. The van der Waals surface area contributed by atoms with Crippen LogP contribution in [0.3, 0.4) is 0 Å². The van der Waals surface area contributed by atoms with Crippen molar-refractivity contribution in [3.8, 4) is 0 Å². The Morgan fingerprint density at radius 1 is 0.684 bits per heavy atom. The molecular formula is C7H6F10O2. The molecule has 0 aliphatic rings. The fourth-order valence-corrected chi connectivity index (χ4v) is 0.886. The van der Waals surface area contributed by atoms with E-state index in [4.69, 9.17) is 10.2 Å². The third-order valence-corrected chi connectivity index (χ3v) is 1.99. The van der Waals surface area contributed by atoms with Gasteiger partial charge in [-0.05, 0) is 0 Å². The summed E-state index contributed by atoms with van der Waals surface area (Å²) in [5, 5.41) is 15.4. The molecule has 0 aromatic heterocycles. The number of hydrogen-bond donors (Lipinski definition) is 2. The zero-order valence-electron chi connectivity index (χ0n) is 8.48. The van der Waals surface area contributed by atoms with Crippen LogP contribution in [-0.4, -0.2) is 53.0 Å². The van der Waals surface area contributed by atoms with E-state index in [0.29, 0.717) is 0 Å². The fraction of sp³-hybridized carbons (Fsp3) is 1.00. The van der Waals surface area contributed by atoms with E-state index in [1.165, 1.54) is 0 Å². The molecule has 0 saturated heterocycles. The molecule has 3 unspecified atom stereocenters. The molecule has 0 bridgehead atoms. The summed E-state index contributed by atoms with van der Waals surface area (Å²) in [4.78, 5) is 0. The smallest absolute Gasteiger partial charge is 0.335 e. The molecule has 0 rings (SSSR count). The third kappa shape index (κ3) is 3.22. The highest BCUT2D eigenvalue weighted by molar-refractivity contribution is 4.99. The van der Waals surface area contributed by atoms with E-state index < -0.39 is 42.8 Å². The topological polar surface area (TPSA) is 40.5 Å². The van der Waals surface area contributed by atoms with E-state index in [9.17, 15) is 43.9 Å². The summed E-state index contributed by atoms with van der Waals surface area (Å²) in [6.07, 6.45) is -17.9. The molecule has 0 spiro atoms. The maximum Gasteiger partial charge on any atom is 0.396 e. The summed E-state index contributed by atoms with van der Waals surface area (Å²) in [5.41, 5.74) is 0. The first kappa shape index (κ1) is 18.2. The van der Waals surface area contributed by atoms with Crippen LogP contribution < -0.4 is 0 Å². The number of rotatable bonds is 6. The Morgan fingerprint density at radius 3 is 1.32 bits per heavy atom. The zero-order chi connectivity index (χ0) is 15.8. The third-order valence-electron chi connectivity index (χ3n) is 1.99. The molecule has 0 aliphatic carbocycles. The van der Waals surface area contributed by atoms with Gasteiger partial charge in [-0.2, -0.15) is 22.0 Å². The zero-order valence-corrected chi connectivity index (χ0v) is 8.48. The van der Waals surface area contributed by atoms with Crippen molar-refractivity contribution in [2.45, 2.75) is 42.8 Å². The van der Waals surface area contributed by atoms with Crippen LogP contribution in [-0.2, 0) is 0 Å². The molecular weight excluding hydrogens is 306 g/mol. The second-order valence-corrected chi connectivity index (χ2v) is 3.41. The largest absolute Gasteiger partial charge is 0.396 e. The van der Waals surface area contributed by atoms with Gasteiger partial charge in [0.1, 0.15) is 0 Å². The Balaban J connectivity index is 5.32. The summed E-state index contributed by atoms with van der Waals surface area (Å²) in [6, 6.07) is -5.97. The normalized spacial score (nSPS) is 19.4. The number of alkyl halides is 10. The van der Waals surface area contributed by atoms with Crippen LogP contribution in [0.5, 0.6) is 0 Å². The monoisotopic (exact) mass is 312 g/mol. The van der Waals surface area contributed by atoms with Gasteiger partial charge < -0.3 is 10.2 Å². The lowest BCUT2D eigenvalue weighted by atomic mass is 9.99.